The van der Waals surface area contributed by atoms with Crippen molar-refractivity contribution in [2.75, 3.05) is 18.4 Å². The second-order valence-corrected chi connectivity index (χ2v) is 4.76. The highest BCUT2D eigenvalue weighted by Gasteiger charge is 2.35. The predicted molar refractivity (Wildman–Crippen MR) is 60.0 cm³/mol. The van der Waals surface area contributed by atoms with E-state index < -0.39 is 0 Å². The maximum Gasteiger partial charge on any atom is 0.242 e. The number of aromatic nitrogens is 4. The van der Waals surface area contributed by atoms with Crippen LogP contribution in [-0.4, -0.2) is 50.3 Å². The molecule has 1 N–H and O–H groups in total. The Balaban J connectivity index is 1.69. The van der Waals surface area contributed by atoms with Crippen molar-refractivity contribution >= 4 is 5.95 Å². The molecule has 3 heterocycles. The summed E-state index contributed by atoms with van der Waals surface area (Å²) in [6.45, 7) is 2.48. The first kappa shape index (κ1) is 10.0. The van der Waals surface area contributed by atoms with Gasteiger partial charge >= 0.3 is 0 Å². The summed E-state index contributed by atoms with van der Waals surface area (Å²) in [6, 6.07) is 1.20. The molecule has 0 aliphatic carbocycles. The summed E-state index contributed by atoms with van der Waals surface area (Å²) in [4.78, 5) is 2.60. The van der Waals surface area contributed by atoms with Gasteiger partial charge in [-0.1, -0.05) is 11.5 Å². The predicted octanol–water partition coefficient (Wildman–Crippen LogP) is 0.249. The zero-order valence-electron chi connectivity index (χ0n) is 9.63. The fraction of sp³-hybridized carbons (Fsp3) is 0.900. The van der Waals surface area contributed by atoms with Gasteiger partial charge in [0.2, 0.25) is 5.95 Å². The molecule has 2 atom stereocenters. The zero-order chi connectivity index (χ0) is 11.0. The number of aryl methyl sites for hydroxylation is 1. The van der Waals surface area contributed by atoms with Gasteiger partial charge < -0.3 is 5.32 Å². The highest BCUT2D eigenvalue weighted by atomic mass is 15.6. The molecule has 6 heteroatoms. The lowest BCUT2D eigenvalue weighted by molar-refractivity contribution is 0.192. The fourth-order valence-electron chi connectivity index (χ4n) is 2.93. The van der Waals surface area contributed by atoms with Crippen molar-refractivity contribution in [1.29, 1.82) is 0 Å². The topological polar surface area (TPSA) is 58.9 Å². The van der Waals surface area contributed by atoms with Crippen LogP contribution in [-0.2, 0) is 7.05 Å². The minimum Gasteiger partial charge on any atom is -0.349 e. The SMILES string of the molecule is Cn1nnnc1NC1CCN2CCCCC12. The van der Waals surface area contributed by atoms with Crippen molar-refractivity contribution in [1.82, 2.24) is 25.1 Å². The van der Waals surface area contributed by atoms with Crippen LogP contribution < -0.4 is 5.32 Å². The lowest BCUT2D eigenvalue weighted by atomic mass is 9.99. The van der Waals surface area contributed by atoms with Crippen molar-refractivity contribution in [3.63, 3.8) is 0 Å². The Morgan fingerprint density at radius 1 is 1.25 bits per heavy atom. The summed E-state index contributed by atoms with van der Waals surface area (Å²) in [6.07, 6.45) is 5.23. The van der Waals surface area contributed by atoms with Crippen LogP contribution in [0, 0.1) is 0 Å². The molecule has 88 valence electrons. The zero-order valence-corrected chi connectivity index (χ0v) is 9.63. The van der Waals surface area contributed by atoms with Gasteiger partial charge in [0, 0.05) is 25.7 Å². The van der Waals surface area contributed by atoms with E-state index in [0.717, 1.165) is 5.95 Å². The molecule has 2 aliphatic rings. The van der Waals surface area contributed by atoms with Crippen LogP contribution in [0.25, 0.3) is 0 Å². The van der Waals surface area contributed by atoms with Gasteiger partial charge in [0.05, 0.1) is 0 Å². The fourth-order valence-corrected chi connectivity index (χ4v) is 2.93. The van der Waals surface area contributed by atoms with Gasteiger partial charge in [0.1, 0.15) is 0 Å². The first-order valence-electron chi connectivity index (χ1n) is 6.07. The van der Waals surface area contributed by atoms with E-state index in [9.17, 15) is 0 Å². The lowest BCUT2D eigenvalue weighted by Crippen LogP contribution is -2.42. The average molecular weight is 222 g/mol. The summed E-state index contributed by atoms with van der Waals surface area (Å²) in [5.74, 6) is 0.789. The van der Waals surface area contributed by atoms with Crippen molar-refractivity contribution < 1.29 is 0 Å². The molecule has 0 saturated carbocycles. The standard InChI is InChI=1S/C10H18N6/c1-15-10(12-13-14-15)11-8-5-7-16-6-3-2-4-9(8)16/h8-9H,2-7H2,1H3,(H,11,12,14). The first-order chi connectivity index (χ1) is 7.84. The van der Waals surface area contributed by atoms with Gasteiger partial charge in [-0.25, -0.2) is 4.68 Å². The largest absolute Gasteiger partial charge is 0.349 e. The van der Waals surface area contributed by atoms with Gasteiger partial charge in [0.15, 0.2) is 0 Å². The smallest absolute Gasteiger partial charge is 0.242 e. The molecule has 6 nitrogen and oxygen atoms in total. The Bertz CT molecular complexity index is 362. The van der Waals surface area contributed by atoms with Gasteiger partial charge in [0.25, 0.3) is 0 Å². The summed E-state index contributed by atoms with van der Waals surface area (Å²) in [7, 11) is 1.87. The van der Waals surface area contributed by atoms with E-state index in [1.807, 2.05) is 7.05 Å². The van der Waals surface area contributed by atoms with Crippen molar-refractivity contribution in [2.45, 2.75) is 37.8 Å². The Kier molecular flexibility index (Phi) is 2.51. The minimum atomic E-state index is 0.519. The van der Waals surface area contributed by atoms with Crippen molar-refractivity contribution in [3.8, 4) is 0 Å². The molecular weight excluding hydrogens is 204 g/mol. The summed E-state index contributed by atoms with van der Waals surface area (Å²) >= 11 is 0. The molecule has 1 aromatic rings. The number of anilines is 1. The van der Waals surface area contributed by atoms with Gasteiger partial charge in [-0.15, -0.1) is 0 Å². The number of nitrogens with zero attached hydrogens (tertiary/aromatic N) is 5. The van der Waals surface area contributed by atoms with Gasteiger partial charge in [-0.3, -0.25) is 4.90 Å². The monoisotopic (exact) mass is 222 g/mol. The molecular formula is C10H18N6. The van der Waals surface area contributed by atoms with Gasteiger partial charge in [-0.2, -0.15) is 0 Å². The molecule has 0 amide bonds. The summed E-state index contributed by atoms with van der Waals surface area (Å²) in [5, 5.41) is 15.0. The van der Waals surface area contributed by atoms with E-state index >= 15 is 0 Å². The Morgan fingerprint density at radius 2 is 2.19 bits per heavy atom. The van der Waals surface area contributed by atoms with Crippen LogP contribution >= 0.6 is 0 Å². The number of tetrazole rings is 1. The maximum atomic E-state index is 3.99. The van der Waals surface area contributed by atoms with E-state index in [1.165, 1.54) is 38.8 Å². The molecule has 0 bridgehead atoms. The third-order valence-corrected chi connectivity index (χ3v) is 3.79. The Labute approximate surface area is 95.0 Å². The molecule has 16 heavy (non-hydrogen) atoms. The highest BCUT2D eigenvalue weighted by molar-refractivity contribution is 5.25. The van der Waals surface area contributed by atoms with Crippen LogP contribution in [0.4, 0.5) is 5.95 Å². The number of hydrogen-bond acceptors (Lipinski definition) is 5. The molecule has 2 saturated heterocycles. The van der Waals surface area contributed by atoms with Crippen LogP contribution in [0.15, 0.2) is 0 Å². The van der Waals surface area contributed by atoms with Crippen molar-refractivity contribution in [3.05, 3.63) is 0 Å². The van der Waals surface area contributed by atoms with E-state index in [1.54, 1.807) is 4.68 Å². The minimum absolute atomic E-state index is 0.519. The number of hydrogen-bond donors (Lipinski definition) is 1. The number of nitrogens with one attached hydrogen (secondary N) is 1. The molecule has 2 fully saturated rings. The lowest BCUT2D eigenvalue weighted by Gasteiger charge is -2.32. The second-order valence-electron chi connectivity index (χ2n) is 4.76. The van der Waals surface area contributed by atoms with Crippen LogP contribution in [0.3, 0.4) is 0 Å². The van der Waals surface area contributed by atoms with E-state index in [4.69, 9.17) is 0 Å². The molecule has 1 aromatic heterocycles. The first-order valence-corrected chi connectivity index (χ1v) is 6.07. The number of piperidine rings is 1. The third kappa shape index (κ3) is 1.67. The van der Waals surface area contributed by atoms with Crippen LogP contribution in [0.2, 0.25) is 0 Å². The number of rotatable bonds is 2. The van der Waals surface area contributed by atoms with E-state index in [2.05, 4.69) is 25.7 Å². The maximum absolute atomic E-state index is 3.99. The molecule has 0 spiro atoms. The molecule has 2 unspecified atom stereocenters. The third-order valence-electron chi connectivity index (χ3n) is 3.79. The highest BCUT2D eigenvalue weighted by Crippen LogP contribution is 2.28. The van der Waals surface area contributed by atoms with Crippen molar-refractivity contribution in [2.24, 2.45) is 7.05 Å². The molecule has 2 aliphatic heterocycles. The van der Waals surface area contributed by atoms with Crippen LogP contribution in [0.1, 0.15) is 25.7 Å². The van der Waals surface area contributed by atoms with Crippen LogP contribution in [0.5, 0.6) is 0 Å². The molecule has 3 rings (SSSR count). The van der Waals surface area contributed by atoms with E-state index in [-0.39, 0.29) is 0 Å². The van der Waals surface area contributed by atoms with E-state index in [0.29, 0.717) is 12.1 Å². The molecule has 0 aromatic carbocycles. The normalized spacial score (nSPS) is 30.3. The number of fused-ring (bicyclic) bond motifs is 1. The second kappa shape index (κ2) is 4.01. The quantitative estimate of drug-likeness (QED) is 0.777. The van der Waals surface area contributed by atoms with Gasteiger partial charge in [-0.05, 0) is 36.2 Å². The Hall–Kier alpha value is -1.17. The molecule has 0 radical (unpaired) electrons. The summed E-state index contributed by atoms with van der Waals surface area (Å²) < 4.78 is 1.70. The Morgan fingerprint density at radius 3 is 3.00 bits per heavy atom. The summed E-state index contributed by atoms with van der Waals surface area (Å²) in [5.41, 5.74) is 0. The average Bonchev–Trinajstić information content (AvgIpc) is 2.88.